The topological polar surface area (TPSA) is 48.2 Å². The molecule has 78 valence electrons. The number of halogens is 1. The summed E-state index contributed by atoms with van der Waals surface area (Å²) < 4.78 is 24.2. The van der Waals surface area contributed by atoms with E-state index in [9.17, 15) is 8.42 Å². The zero-order valence-electron chi connectivity index (χ0n) is 8.74. The molecular formula is C8H15ClNNaO2S. The molecule has 0 bridgehead atoms. The van der Waals surface area contributed by atoms with Crippen molar-refractivity contribution in [2.75, 3.05) is 5.75 Å². The summed E-state index contributed by atoms with van der Waals surface area (Å²) in [6.45, 7) is 2.13. The van der Waals surface area contributed by atoms with Gasteiger partial charge in [-0.15, -0.1) is 0 Å². The Bertz CT molecular complexity index is 242. The average Bonchev–Trinajstić information content (AvgIpc) is 2.11. The Morgan fingerprint density at radius 3 is 2.43 bits per heavy atom. The fourth-order valence-electron chi connectivity index (χ4n) is 0.848. The largest absolute Gasteiger partial charge is 1.00 e. The van der Waals surface area contributed by atoms with Crippen LogP contribution in [0.4, 0.5) is 0 Å². The third kappa shape index (κ3) is 11.0. The number of sulfonamides is 1. The van der Waals surface area contributed by atoms with E-state index in [0.717, 1.165) is 12.8 Å². The number of unbranched alkanes of at least 4 members (excludes halogenated alkanes) is 3. The molecule has 0 radical (unpaired) electrons. The predicted molar refractivity (Wildman–Crippen MR) is 56.3 cm³/mol. The minimum Gasteiger partial charge on any atom is -0.462 e. The molecule has 0 N–H and O–H groups in total. The minimum absolute atomic E-state index is 0. The van der Waals surface area contributed by atoms with Gasteiger partial charge in [-0.3, -0.25) is 11.8 Å². The van der Waals surface area contributed by atoms with Crippen molar-refractivity contribution >= 4 is 21.8 Å². The Morgan fingerprint density at radius 1 is 1.29 bits per heavy atom. The van der Waals surface area contributed by atoms with Crippen LogP contribution in [0, 0.1) is 0 Å². The van der Waals surface area contributed by atoms with E-state index < -0.39 is 10.0 Å². The number of nitrogens with zero attached hydrogens (tertiary/aromatic N) is 1. The van der Waals surface area contributed by atoms with Crippen LogP contribution < -0.4 is 29.6 Å². The number of rotatable bonds is 7. The Morgan fingerprint density at radius 2 is 1.93 bits per heavy atom. The summed E-state index contributed by atoms with van der Waals surface area (Å²) in [4.78, 5) is 0. The summed E-state index contributed by atoms with van der Waals surface area (Å²) in [6, 6.07) is 0. The summed E-state index contributed by atoms with van der Waals surface area (Å²) in [7, 11) is -3.41. The third-order valence-corrected chi connectivity index (χ3v) is 3.01. The third-order valence-electron chi connectivity index (χ3n) is 1.55. The molecule has 0 saturated carbocycles. The van der Waals surface area contributed by atoms with Gasteiger partial charge in [-0.1, -0.05) is 31.9 Å². The van der Waals surface area contributed by atoms with Gasteiger partial charge >= 0.3 is 29.6 Å². The maximum Gasteiger partial charge on any atom is 1.00 e. The van der Waals surface area contributed by atoms with Gasteiger partial charge in [-0.25, -0.2) is 8.42 Å². The Balaban J connectivity index is 0. The summed E-state index contributed by atoms with van der Waals surface area (Å²) in [5.74, 6) is -0.0946. The van der Waals surface area contributed by atoms with Gasteiger partial charge in [-0.05, 0) is 12.8 Å². The van der Waals surface area contributed by atoms with Crippen molar-refractivity contribution in [3.63, 3.8) is 0 Å². The van der Waals surface area contributed by atoms with Crippen LogP contribution in [0.1, 0.15) is 32.6 Å². The van der Waals surface area contributed by atoms with E-state index in [1.54, 1.807) is 6.08 Å². The zero-order valence-corrected chi connectivity index (χ0v) is 12.3. The average molecular weight is 248 g/mol. The SMILES string of the molecule is CCCCCC=CCS(=O)(=O)[N-]Cl.[Na+]. The smallest absolute Gasteiger partial charge is 0.462 e. The van der Waals surface area contributed by atoms with Crippen LogP contribution in [0.25, 0.3) is 4.24 Å². The molecule has 0 aliphatic carbocycles. The van der Waals surface area contributed by atoms with Crippen LogP contribution in [-0.4, -0.2) is 14.2 Å². The van der Waals surface area contributed by atoms with E-state index in [2.05, 4.69) is 11.2 Å². The van der Waals surface area contributed by atoms with Crippen molar-refractivity contribution < 1.29 is 38.0 Å². The summed E-state index contributed by atoms with van der Waals surface area (Å²) in [5, 5.41) is 0. The summed E-state index contributed by atoms with van der Waals surface area (Å²) in [5.41, 5.74) is 0. The van der Waals surface area contributed by atoms with E-state index in [4.69, 9.17) is 11.8 Å². The number of allylic oxidation sites excluding steroid dienone is 1. The van der Waals surface area contributed by atoms with Crippen molar-refractivity contribution in [2.45, 2.75) is 32.6 Å². The Hall–Kier alpha value is 0.940. The van der Waals surface area contributed by atoms with Gasteiger partial charge in [0.15, 0.2) is 0 Å². The maximum atomic E-state index is 10.7. The maximum absolute atomic E-state index is 10.7. The standard InChI is InChI=1S/C8H15ClNO2S.Na/c1-2-3-4-5-6-7-8-13(11,12)10-9;/h6-7H,2-5,8H2,1H3;/q-1;+1. The van der Waals surface area contributed by atoms with Crippen molar-refractivity contribution in [2.24, 2.45) is 0 Å². The molecule has 0 unspecified atom stereocenters. The van der Waals surface area contributed by atoms with Gasteiger partial charge in [0.25, 0.3) is 0 Å². The van der Waals surface area contributed by atoms with Crippen LogP contribution >= 0.6 is 11.8 Å². The van der Waals surface area contributed by atoms with Crippen LogP contribution in [0.2, 0.25) is 0 Å². The second kappa shape index (κ2) is 10.5. The molecule has 3 nitrogen and oxygen atoms in total. The van der Waals surface area contributed by atoms with Crippen molar-refractivity contribution in [3.8, 4) is 0 Å². The second-order valence-corrected chi connectivity index (χ2v) is 4.83. The second-order valence-electron chi connectivity index (χ2n) is 2.78. The summed E-state index contributed by atoms with van der Waals surface area (Å²) in [6.07, 6.45) is 7.82. The Kier molecular flexibility index (Phi) is 13.0. The van der Waals surface area contributed by atoms with Crippen LogP contribution in [0.5, 0.6) is 0 Å². The zero-order chi connectivity index (χ0) is 10.2. The molecule has 0 atom stereocenters. The molecule has 6 heteroatoms. The molecular weight excluding hydrogens is 233 g/mol. The van der Waals surface area contributed by atoms with Gasteiger partial charge in [0.2, 0.25) is 0 Å². The van der Waals surface area contributed by atoms with Gasteiger partial charge in [0.05, 0.1) is 15.8 Å². The van der Waals surface area contributed by atoms with Gasteiger partial charge in [0.1, 0.15) is 0 Å². The van der Waals surface area contributed by atoms with E-state index in [-0.39, 0.29) is 35.3 Å². The molecule has 0 rings (SSSR count). The molecule has 0 aromatic heterocycles. The fraction of sp³-hybridized carbons (Fsp3) is 0.750. The van der Waals surface area contributed by atoms with Crippen LogP contribution in [0.3, 0.4) is 0 Å². The molecule has 0 aromatic carbocycles. The van der Waals surface area contributed by atoms with Gasteiger partial charge in [-0.2, -0.15) is 0 Å². The first-order valence-electron chi connectivity index (χ1n) is 4.33. The quantitative estimate of drug-likeness (QED) is 0.361. The molecule has 0 aromatic rings. The van der Waals surface area contributed by atoms with Crippen LogP contribution in [-0.2, 0) is 10.0 Å². The fourth-order valence-corrected chi connectivity index (χ4v) is 1.45. The molecule has 0 heterocycles. The first-order valence-corrected chi connectivity index (χ1v) is 6.28. The van der Waals surface area contributed by atoms with E-state index >= 15 is 0 Å². The van der Waals surface area contributed by atoms with E-state index in [1.807, 2.05) is 6.08 Å². The first kappa shape index (κ1) is 17.3. The summed E-state index contributed by atoms with van der Waals surface area (Å²) >= 11 is 4.86. The van der Waals surface area contributed by atoms with Crippen molar-refractivity contribution in [1.82, 2.24) is 0 Å². The number of hydrogen-bond donors (Lipinski definition) is 0. The molecule has 0 aliphatic rings. The monoisotopic (exact) mass is 247 g/mol. The van der Waals surface area contributed by atoms with Crippen molar-refractivity contribution in [3.05, 3.63) is 16.4 Å². The molecule has 0 saturated heterocycles. The van der Waals surface area contributed by atoms with Crippen molar-refractivity contribution in [1.29, 1.82) is 0 Å². The van der Waals surface area contributed by atoms with Crippen LogP contribution in [0.15, 0.2) is 12.2 Å². The van der Waals surface area contributed by atoms with E-state index in [0.29, 0.717) is 0 Å². The van der Waals surface area contributed by atoms with E-state index in [1.165, 1.54) is 12.8 Å². The molecule has 14 heavy (non-hydrogen) atoms. The molecule has 0 amide bonds. The Labute approximate surface area is 114 Å². The van der Waals surface area contributed by atoms with Gasteiger partial charge in [0, 0.05) is 0 Å². The van der Waals surface area contributed by atoms with Gasteiger partial charge < -0.3 is 4.24 Å². The minimum atomic E-state index is -3.41. The predicted octanol–water partition coefficient (Wildman–Crippen LogP) is -0.0158. The first-order chi connectivity index (χ1) is 6.12. The normalized spacial score (nSPS) is 11.6. The molecule has 0 spiro atoms. The molecule has 0 aliphatic heterocycles. The molecule has 0 fully saturated rings. The number of hydrogen-bond acceptors (Lipinski definition) is 2.